The van der Waals surface area contributed by atoms with E-state index >= 15 is 0 Å². The van der Waals surface area contributed by atoms with Crippen LogP contribution >= 0.6 is 23.2 Å². The van der Waals surface area contributed by atoms with Crippen molar-refractivity contribution in [2.75, 3.05) is 42.9 Å². The van der Waals surface area contributed by atoms with E-state index < -0.39 is 0 Å². The topological polar surface area (TPSA) is 35.6 Å². The summed E-state index contributed by atoms with van der Waals surface area (Å²) in [7, 11) is 0. The van der Waals surface area contributed by atoms with Crippen LogP contribution in [-0.4, -0.2) is 43.5 Å². The Labute approximate surface area is 170 Å². The number of hydrogen-bond donors (Lipinski definition) is 1. The Hall–Kier alpha value is -2.01. The molecule has 1 amide bonds. The molecule has 1 N–H and O–H groups in total. The van der Waals surface area contributed by atoms with E-state index in [0.29, 0.717) is 5.02 Å². The van der Waals surface area contributed by atoms with Gasteiger partial charge in [0.1, 0.15) is 0 Å². The molecule has 0 bridgehead atoms. The van der Waals surface area contributed by atoms with Gasteiger partial charge in [0.25, 0.3) is 0 Å². The summed E-state index contributed by atoms with van der Waals surface area (Å²) in [6.45, 7) is 6.12. The second kappa shape index (κ2) is 9.27. The third-order valence-corrected chi connectivity index (χ3v) is 5.01. The van der Waals surface area contributed by atoms with E-state index in [-0.39, 0.29) is 5.91 Å². The Morgan fingerprint density at radius 1 is 1.04 bits per heavy atom. The summed E-state index contributed by atoms with van der Waals surface area (Å²) in [5, 5.41) is 4.32. The van der Waals surface area contributed by atoms with Crippen LogP contribution in [0.15, 0.2) is 48.5 Å². The van der Waals surface area contributed by atoms with E-state index in [9.17, 15) is 4.79 Å². The van der Waals surface area contributed by atoms with Crippen LogP contribution in [0.3, 0.4) is 0 Å². The molecule has 0 aromatic heterocycles. The van der Waals surface area contributed by atoms with Crippen molar-refractivity contribution in [3.8, 4) is 0 Å². The highest BCUT2D eigenvalue weighted by Gasteiger charge is 2.19. The fraction of sp³-hybridized carbons (Fsp3) is 0.286. The Kier molecular flexibility index (Phi) is 6.78. The minimum atomic E-state index is -0.0791. The Bertz CT molecular complexity index is 813. The van der Waals surface area contributed by atoms with E-state index in [1.165, 1.54) is 6.92 Å². The molecule has 2 aromatic rings. The number of amides is 1. The van der Waals surface area contributed by atoms with Gasteiger partial charge in [-0.05, 0) is 35.9 Å². The van der Waals surface area contributed by atoms with E-state index in [2.05, 4.69) is 27.3 Å². The van der Waals surface area contributed by atoms with Gasteiger partial charge in [0, 0.05) is 49.7 Å². The average molecular weight is 404 g/mol. The third-order valence-electron chi connectivity index (χ3n) is 4.53. The lowest BCUT2D eigenvalue weighted by Gasteiger charge is -2.36. The highest BCUT2D eigenvalue weighted by atomic mass is 35.5. The Morgan fingerprint density at radius 2 is 1.70 bits per heavy atom. The SMILES string of the molecule is CC(=O)Nc1ccc(Cl)cc1N1CCN(CC=Cc2ccc(Cl)cc2)CC1. The van der Waals surface area contributed by atoms with Crippen molar-refractivity contribution in [3.63, 3.8) is 0 Å². The zero-order chi connectivity index (χ0) is 19.2. The largest absolute Gasteiger partial charge is 0.367 e. The van der Waals surface area contributed by atoms with Crippen molar-refractivity contribution in [1.82, 2.24) is 4.90 Å². The van der Waals surface area contributed by atoms with Gasteiger partial charge in [-0.1, -0.05) is 47.5 Å². The molecule has 6 heteroatoms. The zero-order valence-electron chi connectivity index (χ0n) is 15.3. The summed E-state index contributed by atoms with van der Waals surface area (Å²) >= 11 is 12.1. The van der Waals surface area contributed by atoms with Gasteiger partial charge < -0.3 is 10.2 Å². The lowest BCUT2D eigenvalue weighted by atomic mass is 10.2. The van der Waals surface area contributed by atoms with Crippen molar-refractivity contribution >= 4 is 46.6 Å². The van der Waals surface area contributed by atoms with Gasteiger partial charge in [-0.2, -0.15) is 0 Å². The molecule has 0 aliphatic carbocycles. The minimum absolute atomic E-state index is 0.0791. The van der Waals surface area contributed by atoms with E-state index in [4.69, 9.17) is 23.2 Å². The van der Waals surface area contributed by atoms with Gasteiger partial charge in [0.2, 0.25) is 5.91 Å². The average Bonchev–Trinajstić information content (AvgIpc) is 2.65. The van der Waals surface area contributed by atoms with Crippen LogP contribution in [0.25, 0.3) is 6.08 Å². The number of halogens is 2. The van der Waals surface area contributed by atoms with Gasteiger partial charge in [0.05, 0.1) is 11.4 Å². The van der Waals surface area contributed by atoms with E-state index in [0.717, 1.165) is 54.7 Å². The molecule has 1 heterocycles. The number of piperazine rings is 1. The number of hydrogen-bond acceptors (Lipinski definition) is 3. The number of carbonyl (C=O) groups is 1. The second-order valence-corrected chi connectivity index (χ2v) is 7.46. The summed E-state index contributed by atoms with van der Waals surface area (Å²) < 4.78 is 0. The Balaban J connectivity index is 1.56. The summed E-state index contributed by atoms with van der Waals surface area (Å²) in [6, 6.07) is 13.4. The monoisotopic (exact) mass is 403 g/mol. The number of carbonyl (C=O) groups excluding carboxylic acids is 1. The van der Waals surface area contributed by atoms with Crippen LogP contribution in [0.5, 0.6) is 0 Å². The third kappa shape index (κ3) is 5.73. The van der Waals surface area contributed by atoms with Gasteiger partial charge in [0.15, 0.2) is 0 Å². The van der Waals surface area contributed by atoms with Crippen LogP contribution < -0.4 is 10.2 Å². The van der Waals surface area contributed by atoms with Gasteiger partial charge in [-0.15, -0.1) is 0 Å². The minimum Gasteiger partial charge on any atom is -0.367 e. The van der Waals surface area contributed by atoms with Crippen molar-refractivity contribution in [1.29, 1.82) is 0 Å². The Morgan fingerprint density at radius 3 is 2.37 bits per heavy atom. The number of nitrogens with zero attached hydrogens (tertiary/aromatic N) is 2. The number of nitrogens with one attached hydrogen (secondary N) is 1. The van der Waals surface area contributed by atoms with E-state index in [1.807, 2.05) is 36.4 Å². The number of anilines is 2. The molecule has 2 aromatic carbocycles. The standard InChI is InChI=1S/C21H23Cl2N3O/c1-16(27)24-20-9-8-19(23)15-21(20)26-13-11-25(12-14-26)10-2-3-17-4-6-18(22)7-5-17/h2-9,15H,10-14H2,1H3,(H,24,27). The lowest BCUT2D eigenvalue weighted by molar-refractivity contribution is -0.114. The molecule has 4 nitrogen and oxygen atoms in total. The van der Waals surface area contributed by atoms with Crippen molar-refractivity contribution in [2.45, 2.75) is 6.92 Å². The summed E-state index contributed by atoms with van der Waals surface area (Å²) in [6.07, 6.45) is 4.30. The molecule has 1 fully saturated rings. The van der Waals surface area contributed by atoms with Crippen LogP contribution in [0.4, 0.5) is 11.4 Å². The van der Waals surface area contributed by atoms with E-state index in [1.54, 1.807) is 6.07 Å². The predicted molar refractivity (Wildman–Crippen MR) is 115 cm³/mol. The zero-order valence-corrected chi connectivity index (χ0v) is 16.8. The number of benzene rings is 2. The first-order valence-electron chi connectivity index (χ1n) is 8.98. The molecule has 1 saturated heterocycles. The molecule has 0 saturated carbocycles. The molecule has 0 unspecified atom stereocenters. The lowest BCUT2D eigenvalue weighted by Crippen LogP contribution is -2.46. The summed E-state index contributed by atoms with van der Waals surface area (Å²) in [4.78, 5) is 16.1. The highest BCUT2D eigenvalue weighted by Crippen LogP contribution is 2.30. The highest BCUT2D eigenvalue weighted by molar-refractivity contribution is 6.31. The molecule has 142 valence electrons. The quantitative estimate of drug-likeness (QED) is 0.779. The summed E-state index contributed by atoms with van der Waals surface area (Å²) in [5.41, 5.74) is 2.94. The fourth-order valence-electron chi connectivity index (χ4n) is 3.14. The molecule has 1 aliphatic rings. The summed E-state index contributed by atoms with van der Waals surface area (Å²) in [5.74, 6) is -0.0791. The maximum absolute atomic E-state index is 11.5. The van der Waals surface area contributed by atoms with Gasteiger partial charge in [-0.25, -0.2) is 0 Å². The first-order valence-corrected chi connectivity index (χ1v) is 9.73. The van der Waals surface area contributed by atoms with Crippen LogP contribution in [0.2, 0.25) is 10.0 Å². The van der Waals surface area contributed by atoms with Crippen molar-refractivity contribution < 1.29 is 4.79 Å². The normalized spacial score (nSPS) is 15.3. The van der Waals surface area contributed by atoms with Crippen LogP contribution in [0, 0.1) is 0 Å². The second-order valence-electron chi connectivity index (χ2n) is 6.58. The predicted octanol–water partition coefficient (Wildman–Crippen LogP) is 4.79. The molecule has 0 atom stereocenters. The number of rotatable bonds is 5. The molecule has 1 aliphatic heterocycles. The van der Waals surface area contributed by atoms with Crippen molar-refractivity contribution in [3.05, 3.63) is 64.1 Å². The molecule has 27 heavy (non-hydrogen) atoms. The maximum Gasteiger partial charge on any atom is 0.221 e. The first-order chi connectivity index (χ1) is 13.0. The maximum atomic E-state index is 11.5. The molecule has 0 spiro atoms. The van der Waals surface area contributed by atoms with Crippen molar-refractivity contribution in [2.24, 2.45) is 0 Å². The molecular formula is C21H23Cl2N3O. The molecule has 0 radical (unpaired) electrons. The molecule has 3 rings (SSSR count). The smallest absolute Gasteiger partial charge is 0.221 e. The van der Waals surface area contributed by atoms with Crippen LogP contribution in [-0.2, 0) is 4.79 Å². The van der Waals surface area contributed by atoms with Gasteiger partial charge in [-0.3, -0.25) is 9.69 Å². The molecular weight excluding hydrogens is 381 g/mol. The van der Waals surface area contributed by atoms with Crippen LogP contribution in [0.1, 0.15) is 12.5 Å². The van der Waals surface area contributed by atoms with Gasteiger partial charge >= 0.3 is 0 Å². The first kappa shape index (κ1) is 19.7. The fourth-order valence-corrected chi connectivity index (χ4v) is 3.44.